The van der Waals surface area contributed by atoms with E-state index in [1.54, 1.807) is 36.4 Å². The Morgan fingerprint density at radius 1 is 0.970 bits per heavy atom. The summed E-state index contributed by atoms with van der Waals surface area (Å²) in [6.45, 7) is 3.81. The molecule has 3 atom stereocenters. The van der Waals surface area contributed by atoms with Crippen molar-refractivity contribution in [2.75, 3.05) is 7.11 Å². The van der Waals surface area contributed by atoms with Crippen molar-refractivity contribution in [3.8, 4) is 0 Å². The summed E-state index contributed by atoms with van der Waals surface area (Å²) in [5.41, 5.74) is 3.60. The van der Waals surface area contributed by atoms with Gasteiger partial charge in [0.2, 0.25) is 5.78 Å². The Balaban J connectivity index is 0.000000234. The highest BCUT2D eigenvalue weighted by atomic mass is 79.9. The number of halogens is 7. The molecule has 0 bridgehead atoms. The lowest BCUT2D eigenvalue weighted by Gasteiger charge is -2.14. The van der Waals surface area contributed by atoms with Crippen molar-refractivity contribution in [1.82, 2.24) is 0 Å². The van der Waals surface area contributed by atoms with Crippen LogP contribution in [0.15, 0.2) is 48.5 Å². The fourth-order valence-corrected chi connectivity index (χ4v) is 3.67. The van der Waals surface area contributed by atoms with Crippen molar-refractivity contribution in [2.45, 2.75) is 55.8 Å². The average Bonchev–Trinajstić information content (AvgIpc) is 3.45. The molecule has 0 aromatic heterocycles. The van der Waals surface area contributed by atoms with E-state index >= 15 is 0 Å². The molecule has 1 fully saturated rings. The zero-order valence-corrected chi connectivity index (χ0v) is 19.6. The lowest BCUT2D eigenvalue weighted by atomic mass is 10.1. The molecule has 3 nitrogen and oxygen atoms in total. The first-order valence-electron chi connectivity index (χ1n) is 9.85. The van der Waals surface area contributed by atoms with Crippen LogP contribution in [0.3, 0.4) is 0 Å². The molecule has 33 heavy (non-hydrogen) atoms. The Hall–Kier alpha value is -1.91. The van der Waals surface area contributed by atoms with E-state index in [9.17, 15) is 31.1 Å². The third kappa shape index (κ3) is 7.28. The largest absolute Gasteiger partial charge is 0.451 e. The minimum atomic E-state index is -4.78. The van der Waals surface area contributed by atoms with Crippen molar-refractivity contribution in [3.05, 3.63) is 70.8 Å². The van der Waals surface area contributed by atoms with Gasteiger partial charge in [0.25, 0.3) is 5.79 Å². The van der Waals surface area contributed by atoms with E-state index in [0.717, 1.165) is 23.8 Å². The Morgan fingerprint density at radius 2 is 1.42 bits per heavy atom. The van der Waals surface area contributed by atoms with Gasteiger partial charge in [0.15, 0.2) is 0 Å². The molecule has 0 spiro atoms. The number of benzene rings is 2. The number of carbonyl (C=O) groups is 1. The molecule has 2 aromatic carbocycles. The van der Waals surface area contributed by atoms with E-state index in [1.165, 1.54) is 0 Å². The predicted molar refractivity (Wildman–Crippen MR) is 114 cm³/mol. The Kier molecular flexibility index (Phi) is 8.75. The van der Waals surface area contributed by atoms with Crippen LogP contribution in [0.25, 0.3) is 0 Å². The molecular weight excluding hydrogens is 518 g/mol. The predicted octanol–water partition coefficient (Wildman–Crippen LogP) is 6.27. The molecule has 10 heteroatoms. The molecule has 0 saturated carbocycles. The SMILES string of the molecule is COC1(C(F)(F)F)OC1Cc1ccc(C)cc1.Cc1ccc(CC(Br)C(=O)C(F)(F)F)cc1. The normalized spacial score (nSPS) is 21.1. The highest BCUT2D eigenvalue weighted by Crippen LogP contribution is 2.51. The number of ketones is 1. The number of hydrogen-bond donors (Lipinski definition) is 0. The summed E-state index contributed by atoms with van der Waals surface area (Å²) in [5, 5.41) is 0. The van der Waals surface area contributed by atoms with Gasteiger partial charge in [-0.15, -0.1) is 0 Å². The van der Waals surface area contributed by atoms with E-state index in [2.05, 4.69) is 20.7 Å². The number of ether oxygens (including phenoxy) is 2. The van der Waals surface area contributed by atoms with Crippen LogP contribution in [-0.2, 0) is 27.1 Å². The van der Waals surface area contributed by atoms with Crippen LogP contribution in [-0.4, -0.2) is 42.0 Å². The van der Waals surface area contributed by atoms with Gasteiger partial charge in [-0.1, -0.05) is 75.6 Å². The van der Waals surface area contributed by atoms with Gasteiger partial charge in [0.05, 0.1) is 4.83 Å². The van der Waals surface area contributed by atoms with E-state index in [0.29, 0.717) is 5.56 Å². The first-order valence-corrected chi connectivity index (χ1v) is 10.8. The summed E-state index contributed by atoms with van der Waals surface area (Å²) in [6, 6.07) is 14.3. The van der Waals surface area contributed by atoms with Crippen LogP contribution < -0.4 is 0 Å². The van der Waals surface area contributed by atoms with Gasteiger partial charge in [0, 0.05) is 13.5 Å². The molecule has 1 aliphatic heterocycles. The number of rotatable bonds is 6. The molecule has 0 amide bonds. The second-order valence-corrected chi connectivity index (χ2v) is 8.79. The van der Waals surface area contributed by atoms with E-state index < -0.39 is 34.9 Å². The molecule has 2 aromatic rings. The van der Waals surface area contributed by atoms with Gasteiger partial charge in [-0.25, -0.2) is 0 Å². The Morgan fingerprint density at radius 3 is 1.79 bits per heavy atom. The lowest BCUT2D eigenvalue weighted by Crippen LogP contribution is -2.37. The Labute approximate surface area is 196 Å². The monoisotopic (exact) mass is 540 g/mol. The van der Waals surface area contributed by atoms with Crippen molar-refractivity contribution in [2.24, 2.45) is 0 Å². The van der Waals surface area contributed by atoms with Crippen LogP contribution >= 0.6 is 15.9 Å². The second kappa shape index (κ2) is 10.6. The van der Waals surface area contributed by atoms with E-state index in [-0.39, 0.29) is 12.8 Å². The van der Waals surface area contributed by atoms with E-state index in [1.807, 2.05) is 26.0 Å². The van der Waals surface area contributed by atoms with Gasteiger partial charge < -0.3 is 9.47 Å². The summed E-state index contributed by atoms with van der Waals surface area (Å²) in [7, 11) is 1.02. The van der Waals surface area contributed by atoms with Crippen molar-refractivity contribution >= 4 is 21.7 Å². The molecule has 1 saturated heterocycles. The van der Waals surface area contributed by atoms with E-state index in [4.69, 9.17) is 4.74 Å². The number of carbonyl (C=O) groups excluding carboxylic acids is 1. The van der Waals surface area contributed by atoms with Gasteiger partial charge in [0.1, 0.15) is 6.10 Å². The highest BCUT2D eigenvalue weighted by Gasteiger charge is 2.74. The average molecular weight is 541 g/mol. The number of methoxy groups -OCH3 is 1. The van der Waals surface area contributed by atoms with Crippen LogP contribution in [0, 0.1) is 13.8 Å². The third-order valence-electron chi connectivity index (χ3n) is 5.02. The van der Waals surface area contributed by atoms with Crippen LogP contribution in [0.5, 0.6) is 0 Å². The van der Waals surface area contributed by atoms with Crippen LogP contribution in [0.4, 0.5) is 26.3 Å². The fraction of sp³-hybridized carbons (Fsp3) is 0.435. The molecule has 0 aliphatic carbocycles. The molecule has 3 unspecified atom stereocenters. The van der Waals surface area contributed by atoms with Gasteiger partial charge >= 0.3 is 12.4 Å². The highest BCUT2D eigenvalue weighted by molar-refractivity contribution is 9.10. The zero-order valence-electron chi connectivity index (χ0n) is 18.1. The number of epoxide rings is 1. The maximum absolute atomic E-state index is 12.7. The van der Waals surface area contributed by atoms with Gasteiger partial charge in [-0.3, -0.25) is 4.79 Å². The first-order chi connectivity index (χ1) is 15.2. The molecule has 1 aliphatic rings. The molecule has 1 heterocycles. The standard InChI is InChI=1S/C12H13F3O2.C11H10BrF3O/c1-8-3-5-9(6-4-8)7-10-11(16-2,17-10)12(13,14)15;1-7-2-4-8(5-3-7)6-9(12)10(16)11(13,14)15/h3-6,10H,7H2,1-2H3;2-5,9H,6H2,1H3. The minimum absolute atomic E-state index is 0.0403. The fourth-order valence-electron chi connectivity index (χ4n) is 3.04. The minimum Gasteiger partial charge on any atom is -0.344 e. The maximum Gasteiger partial charge on any atom is 0.451 e. The summed E-state index contributed by atoms with van der Waals surface area (Å²) >= 11 is 2.76. The number of aryl methyl sites for hydroxylation is 2. The molecule has 3 rings (SSSR count). The number of hydrogen-bond acceptors (Lipinski definition) is 3. The molecule has 0 radical (unpaired) electrons. The summed E-state index contributed by atoms with van der Waals surface area (Å²) in [6.07, 6.45) is -9.97. The second-order valence-electron chi connectivity index (χ2n) is 7.68. The van der Waals surface area contributed by atoms with Crippen molar-refractivity contribution in [3.63, 3.8) is 0 Å². The van der Waals surface area contributed by atoms with Crippen molar-refractivity contribution in [1.29, 1.82) is 0 Å². The summed E-state index contributed by atoms with van der Waals surface area (Å²) in [4.78, 5) is 9.65. The first kappa shape index (κ1) is 27.3. The quantitative estimate of drug-likeness (QED) is 0.246. The lowest BCUT2D eigenvalue weighted by molar-refractivity contribution is -0.263. The Bertz CT molecular complexity index is 925. The number of Topliss-reactive ketones (excluding diaryl/α,β-unsaturated/α-hetero) is 1. The van der Waals surface area contributed by atoms with Gasteiger partial charge in [-0.2, -0.15) is 26.3 Å². The number of alkyl halides is 7. The zero-order chi connectivity index (χ0) is 25.0. The summed E-state index contributed by atoms with van der Waals surface area (Å²) in [5.74, 6) is -4.15. The van der Waals surface area contributed by atoms with Crippen LogP contribution in [0.2, 0.25) is 0 Å². The third-order valence-corrected chi connectivity index (χ3v) is 5.76. The smallest absolute Gasteiger partial charge is 0.344 e. The topological polar surface area (TPSA) is 38.8 Å². The molecule has 0 N–H and O–H groups in total. The molecular formula is C23H23BrF6O3. The molecule has 182 valence electrons. The maximum atomic E-state index is 12.7. The van der Waals surface area contributed by atoms with Gasteiger partial charge in [-0.05, 0) is 31.4 Å². The van der Waals surface area contributed by atoms with Crippen LogP contribution in [0.1, 0.15) is 22.3 Å². The van der Waals surface area contributed by atoms with Crippen molar-refractivity contribution < 1.29 is 40.6 Å². The summed E-state index contributed by atoms with van der Waals surface area (Å²) < 4.78 is 83.4.